The second-order valence-corrected chi connectivity index (χ2v) is 9.06. The predicted molar refractivity (Wildman–Crippen MR) is 111 cm³/mol. The van der Waals surface area contributed by atoms with Crippen molar-refractivity contribution in [2.24, 2.45) is 5.41 Å². The highest BCUT2D eigenvalue weighted by Crippen LogP contribution is 2.60. The zero-order chi connectivity index (χ0) is 20.5. The van der Waals surface area contributed by atoms with Crippen molar-refractivity contribution in [1.82, 2.24) is 0 Å². The van der Waals surface area contributed by atoms with Crippen molar-refractivity contribution in [3.05, 3.63) is 59.4 Å². The summed E-state index contributed by atoms with van der Waals surface area (Å²) in [5.74, 6) is -0.951. The van der Waals surface area contributed by atoms with Gasteiger partial charge < -0.3 is 9.84 Å². The Labute approximate surface area is 171 Å². The molecule has 2 fully saturated rings. The lowest BCUT2D eigenvalue weighted by molar-refractivity contribution is -0.137. The fraction of sp³-hybridized carbons (Fsp3) is 0.480. The van der Waals surface area contributed by atoms with Crippen LogP contribution in [0.4, 0.5) is 4.39 Å². The first-order valence-electron chi connectivity index (χ1n) is 10.6. The Bertz CT molecular complexity index is 879. The van der Waals surface area contributed by atoms with E-state index < -0.39 is 5.97 Å². The van der Waals surface area contributed by atoms with Crippen molar-refractivity contribution in [3.63, 3.8) is 0 Å². The standard InChI is InChI=1S/C25H29FO3/c1-18-4-6-19(7-5-18)22-9-8-21(26)15-20(22)16-29-25-13-11-24(17-25,12-14-25)10-2-3-23(27)28/h4-9,15H,2-3,10-14,16-17H2,1H3,(H,27,28). The molecule has 0 heterocycles. The Morgan fingerprint density at radius 2 is 1.83 bits per heavy atom. The second kappa shape index (κ2) is 7.91. The predicted octanol–water partition coefficient (Wildman–Crippen LogP) is 6.28. The largest absolute Gasteiger partial charge is 0.481 e. The molecule has 2 aromatic rings. The first-order chi connectivity index (χ1) is 13.9. The van der Waals surface area contributed by atoms with Crippen LogP contribution in [0.2, 0.25) is 0 Å². The molecule has 2 saturated carbocycles. The summed E-state index contributed by atoms with van der Waals surface area (Å²) in [7, 11) is 0. The molecular weight excluding hydrogens is 367 g/mol. The highest BCUT2D eigenvalue weighted by molar-refractivity contribution is 5.67. The van der Waals surface area contributed by atoms with Gasteiger partial charge in [-0.1, -0.05) is 35.9 Å². The number of fused-ring (bicyclic) bond motifs is 2. The molecule has 0 aliphatic heterocycles. The van der Waals surface area contributed by atoms with Crippen molar-refractivity contribution < 1.29 is 19.0 Å². The summed E-state index contributed by atoms with van der Waals surface area (Å²) < 4.78 is 20.5. The minimum atomic E-state index is -0.713. The van der Waals surface area contributed by atoms with Gasteiger partial charge >= 0.3 is 5.97 Å². The number of benzene rings is 2. The Morgan fingerprint density at radius 3 is 2.52 bits per heavy atom. The van der Waals surface area contributed by atoms with E-state index in [2.05, 4.69) is 31.2 Å². The van der Waals surface area contributed by atoms with Crippen LogP contribution in [0.1, 0.15) is 62.5 Å². The molecular formula is C25H29FO3. The van der Waals surface area contributed by atoms with E-state index >= 15 is 0 Å². The van der Waals surface area contributed by atoms with Crippen LogP contribution in [0.5, 0.6) is 0 Å². The van der Waals surface area contributed by atoms with E-state index in [1.165, 1.54) is 11.6 Å². The molecule has 0 amide bonds. The second-order valence-electron chi connectivity index (χ2n) is 9.06. The summed E-state index contributed by atoms with van der Waals surface area (Å²) in [5, 5.41) is 8.92. The van der Waals surface area contributed by atoms with E-state index in [1.54, 1.807) is 6.07 Å². The lowest BCUT2D eigenvalue weighted by Gasteiger charge is -2.28. The first kappa shape index (κ1) is 20.1. The maximum atomic E-state index is 14.0. The van der Waals surface area contributed by atoms with E-state index in [4.69, 9.17) is 9.84 Å². The van der Waals surface area contributed by atoms with Crippen LogP contribution in [-0.2, 0) is 16.1 Å². The molecule has 3 nitrogen and oxygen atoms in total. The number of rotatable bonds is 8. The summed E-state index contributed by atoms with van der Waals surface area (Å²) in [4.78, 5) is 10.8. The number of aliphatic carboxylic acids is 1. The normalized spacial score (nSPS) is 25.4. The van der Waals surface area contributed by atoms with Gasteiger partial charge in [0.1, 0.15) is 5.82 Å². The number of hydrogen-bond donors (Lipinski definition) is 1. The third-order valence-electron chi connectivity index (χ3n) is 6.98. The van der Waals surface area contributed by atoms with Crippen LogP contribution in [0.3, 0.4) is 0 Å². The molecule has 0 radical (unpaired) electrons. The molecule has 0 atom stereocenters. The van der Waals surface area contributed by atoms with Crippen molar-refractivity contribution in [2.75, 3.05) is 0 Å². The van der Waals surface area contributed by atoms with E-state index in [0.29, 0.717) is 6.61 Å². The van der Waals surface area contributed by atoms with Gasteiger partial charge in [0.25, 0.3) is 0 Å². The van der Waals surface area contributed by atoms with Crippen LogP contribution >= 0.6 is 0 Å². The van der Waals surface area contributed by atoms with Crippen molar-refractivity contribution >= 4 is 5.97 Å². The van der Waals surface area contributed by atoms with Crippen LogP contribution in [0.15, 0.2) is 42.5 Å². The van der Waals surface area contributed by atoms with Crippen LogP contribution in [0, 0.1) is 18.2 Å². The van der Waals surface area contributed by atoms with Crippen LogP contribution in [0.25, 0.3) is 11.1 Å². The van der Waals surface area contributed by atoms with Gasteiger partial charge in [-0.15, -0.1) is 0 Å². The summed E-state index contributed by atoms with van der Waals surface area (Å²) in [6.07, 6.45) is 7.24. The SMILES string of the molecule is Cc1ccc(-c2ccc(F)cc2COC23CCC(CCCC(=O)O)(CC2)C3)cc1. The Kier molecular flexibility index (Phi) is 5.48. The van der Waals surface area contributed by atoms with Gasteiger partial charge in [-0.05, 0) is 86.1 Å². The van der Waals surface area contributed by atoms with Crippen molar-refractivity contribution in [2.45, 2.75) is 70.5 Å². The third-order valence-corrected chi connectivity index (χ3v) is 6.98. The third kappa shape index (κ3) is 4.37. The summed E-state index contributed by atoms with van der Waals surface area (Å²) in [5.41, 5.74) is 4.30. The minimum Gasteiger partial charge on any atom is -0.481 e. The molecule has 2 aliphatic rings. The maximum Gasteiger partial charge on any atom is 0.303 e. The van der Waals surface area contributed by atoms with Gasteiger partial charge in [0, 0.05) is 6.42 Å². The Hall–Kier alpha value is -2.20. The molecule has 2 aliphatic carbocycles. The fourth-order valence-corrected chi connectivity index (χ4v) is 5.35. The Morgan fingerprint density at radius 1 is 1.10 bits per heavy atom. The molecule has 0 saturated heterocycles. The number of carboxylic acids is 1. The first-order valence-corrected chi connectivity index (χ1v) is 10.6. The zero-order valence-corrected chi connectivity index (χ0v) is 17.0. The van der Waals surface area contributed by atoms with Gasteiger partial charge in [-0.25, -0.2) is 4.39 Å². The van der Waals surface area contributed by atoms with Gasteiger partial charge in [-0.2, -0.15) is 0 Å². The molecule has 4 heteroatoms. The Balaban J connectivity index is 1.45. The molecule has 0 aromatic heterocycles. The molecule has 4 rings (SSSR count). The van der Waals surface area contributed by atoms with E-state index in [0.717, 1.165) is 61.6 Å². The fourth-order valence-electron chi connectivity index (χ4n) is 5.35. The highest BCUT2D eigenvalue weighted by Gasteiger charge is 2.54. The molecule has 0 spiro atoms. The average molecular weight is 397 g/mol. The number of carboxylic acid groups (broad SMARTS) is 1. The number of aryl methyl sites for hydroxylation is 1. The van der Waals surface area contributed by atoms with E-state index in [-0.39, 0.29) is 23.3 Å². The van der Waals surface area contributed by atoms with Gasteiger partial charge in [-0.3, -0.25) is 4.79 Å². The van der Waals surface area contributed by atoms with Crippen molar-refractivity contribution in [1.29, 1.82) is 0 Å². The van der Waals surface area contributed by atoms with Gasteiger partial charge in [0.05, 0.1) is 12.2 Å². The lowest BCUT2D eigenvalue weighted by Crippen LogP contribution is -2.26. The van der Waals surface area contributed by atoms with E-state index in [9.17, 15) is 9.18 Å². The smallest absolute Gasteiger partial charge is 0.303 e. The summed E-state index contributed by atoms with van der Waals surface area (Å²) in [6, 6.07) is 13.2. The van der Waals surface area contributed by atoms with Gasteiger partial charge in [0.2, 0.25) is 0 Å². The molecule has 0 unspecified atom stereocenters. The summed E-state index contributed by atoms with van der Waals surface area (Å²) >= 11 is 0. The molecule has 2 bridgehead atoms. The monoisotopic (exact) mass is 396 g/mol. The van der Waals surface area contributed by atoms with Crippen LogP contribution in [-0.4, -0.2) is 16.7 Å². The zero-order valence-electron chi connectivity index (χ0n) is 17.0. The lowest BCUT2D eigenvalue weighted by atomic mass is 9.80. The summed E-state index contributed by atoms with van der Waals surface area (Å²) in [6.45, 7) is 2.46. The molecule has 1 N–H and O–H groups in total. The minimum absolute atomic E-state index is 0.125. The number of carbonyl (C=O) groups is 1. The average Bonchev–Trinajstić information content (AvgIpc) is 3.24. The van der Waals surface area contributed by atoms with Crippen LogP contribution < -0.4 is 0 Å². The quantitative estimate of drug-likeness (QED) is 0.571. The molecule has 29 heavy (non-hydrogen) atoms. The van der Waals surface area contributed by atoms with Crippen molar-refractivity contribution in [3.8, 4) is 11.1 Å². The topological polar surface area (TPSA) is 46.5 Å². The number of ether oxygens (including phenoxy) is 1. The molecule has 154 valence electrons. The van der Waals surface area contributed by atoms with Gasteiger partial charge in [0.15, 0.2) is 0 Å². The highest BCUT2D eigenvalue weighted by atomic mass is 19.1. The maximum absolute atomic E-state index is 14.0. The number of halogens is 1. The van der Waals surface area contributed by atoms with E-state index in [1.807, 2.05) is 6.07 Å². The number of hydrogen-bond acceptors (Lipinski definition) is 2. The molecule has 2 aromatic carbocycles.